The minimum atomic E-state index is -4.71. The molecular weight excluding hydrogens is 259 g/mol. The predicted octanol–water partition coefficient (Wildman–Crippen LogP) is 1.98. The normalized spacial score (nSPS) is 25.3. The summed E-state index contributed by atoms with van der Waals surface area (Å²) in [6.07, 6.45) is -1.41. The maximum atomic E-state index is 12.6. The molecule has 1 aliphatic rings. The molecule has 0 aromatic heterocycles. The monoisotopic (exact) mass is 277 g/mol. The SMILES string of the molecule is CC(C)NCC(C=O)C1=CCC(O)(C(F)(F)F)C=C1. The maximum Gasteiger partial charge on any atom is 0.421 e. The highest BCUT2D eigenvalue weighted by atomic mass is 19.4. The number of carbonyl (C=O) groups is 1. The molecule has 0 bridgehead atoms. The van der Waals surface area contributed by atoms with Gasteiger partial charge >= 0.3 is 6.18 Å². The van der Waals surface area contributed by atoms with Crippen LogP contribution in [0.1, 0.15) is 20.3 Å². The van der Waals surface area contributed by atoms with Crippen LogP contribution in [-0.2, 0) is 4.79 Å². The molecule has 0 spiro atoms. The van der Waals surface area contributed by atoms with Crippen LogP contribution in [0.4, 0.5) is 13.2 Å². The molecule has 2 unspecified atom stereocenters. The van der Waals surface area contributed by atoms with Gasteiger partial charge in [0.1, 0.15) is 6.29 Å². The second-order valence-electron chi connectivity index (χ2n) is 4.97. The average molecular weight is 277 g/mol. The van der Waals surface area contributed by atoms with Gasteiger partial charge in [-0.3, -0.25) is 0 Å². The van der Waals surface area contributed by atoms with Gasteiger partial charge in [0.15, 0.2) is 5.60 Å². The number of allylic oxidation sites excluding steroid dienone is 1. The Morgan fingerprint density at radius 1 is 1.53 bits per heavy atom. The van der Waals surface area contributed by atoms with Gasteiger partial charge in [0.2, 0.25) is 0 Å². The molecule has 108 valence electrons. The summed E-state index contributed by atoms with van der Waals surface area (Å²) in [4.78, 5) is 11.0. The number of aliphatic hydroxyl groups is 1. The van der Waals surface area contributed by atoms with E-state index < -0.39 is 24.1 Å². The summed E-state index contributed by atoms with van der Waals surface area (Å²) in [5, 5.41) is 12.5. The smallest absolute Gasteiger partial charge is 0.376 e. The lowest BCUT2D eigenvalue weighted by atomic mass is 9.87. The quantitative estimate of drug-likeness (QED) is 0.755. The number of carbonyl (C=O) groups excluding carboxylic acids is 1. The van der Waals surface area contributed by atoms with E-state index in [0.29, 0.717) is 24.5 Å². The van der Waals surface area contributed by atoms with E-state index in [4.69, 9.17) is 0 Å². The highest BCUT2D eigenvalue weighted by Crippen LogP contribution is 2.37. The van der Waals surface area contributed by atoms with Gasteiger partial charge in [0.25, 0.3) is 0 Å². The molecule has 0 saturated heterocycles. The van der Waals surface area contributed by atoms with Gasteiger partial charge in [-0.15, -0.1) is 0 Å². The minimum Gasteiger partial charge on any atom is -0.376 e. The number of hydrogen-bond acceptors (Lipinski definition) is 3. The summed E-state index contributed by atoms with van der Waals surface area (Å²) in [6.45, 7) is 4.19. The number of rotatable bonds is 5. The molecular formula is C13H18F3NO2. The van der Waals surface area contributed by atoms with Crippen LogP contribution in [0.2, 0.25) is 0 Å². The van der Waals surface area contributed by atoms with Crippen LogP contribution in [-0.4, -0.2) is 35.8 Å². The summed E-state index contributed by atoms with van der Waals surface area (Å²) in [7, 11) is 0. The average Bonchev–Trinajstić information content (AvgIpc) is 2.30. The first-order chi connectivity index (χ1) is 8.69. The van der Waals surface area contributed by atoms with Crippen molar-refractivity contribution >= 4 is 6.29 Å². The van der Waals surface area contributed by atoms with Crippen LogP contribution in [0.3, 0.4) is 0 Å². The second-order valence-corrected chi connectivity index (χ2v) is 4.97. The zero-order valence-corrected chi connectivity index (χ0v) is 10.9. The number of nitrogens with one attached hydrogen (secondary N) is 1. The van der Waals surface area contributed by atoms with Crippen LogP contribution in [0, 0.1) is 5.92 Å². The molecule has 1 aliphatic carbocycles. The number of hydrogen-bond donors (Lipinski definition) is 2. The number of aldehydes is 1. The first-order valence-corrected chi connectivity index (χ1v) is 6.06. The van der Waals surface area contributed by atoms with Crippen molar-refractivity contribution in [2.45, 2.75) is 38.1 Å². The predicted molar refractivity (Wildman–Crippen MR) is 65.5 cm³/mol. The maximum absolute atomic E-state index is 12.6. The molecule has 6 heteroatoms. The molecule has 0 saturated carbocycles. The first kappa shape index (κ1) is 15.9. The van der Waals surface area contributed by atoms with Crippen molar-refractivity contribution < 1.29 is 23.1 Å². The Hall–Kier alpha value is -1.14. The minimum absolute atomic E-state index is 0.183. The number of alkyl halides is 3. The molecule has 0 aliphatic heterocycles. The van der Waals surface area contributed by atoms with Gasteiger partial charge in [-0.05, 0) is 11.6 Å². The Balaban J connectivity index is 2.74. The van der Waals surface area contributed by atoms with Gasteiger partial charge in [-0.2, -0.15) is 13.2 Å². The molecule has 0 amide bonds. The fraction of sp³-hybridized carbons (Fsp3) is 0.615. The molecule has 0 radical (unpaired) electrons. The molecule has 0 heterocycles. The Labute approximate surface area is 110 Å². The summed E-state index contributed by atoms with van der Waals surface area (Å²) < 4.78 is 37.7. The fourth-order valence-corrected chi connectivity index (χ4v) is 1.74. The van der Waals surface area contributed by atoms with Crippen LogP contribution >= 0.6 is 0 Å². The van der Waals surface area contributed by atoms with E-state index in [1.807, 2.05) is 13.8 Å². The summed E-state index contributed by atoms with van der Waals surface area (Å²) in [5.74, 6) is -0.503. The van der Waals surface area contributed by atoms with E-state index in [0.717, 1.165) is 0 Å². The summed E-state index contributed by atoms with van der Waals surface area (Å²) >= 11 is 0. The number of halogens is 3. The molecule has 0 aromatic rings. The summed E-state index contributed by atoms with van der Waals surface area (Å²) in [5.41, 5.74) is -2.33. The third kappa shape index (κ3) is 3.91. The molecule has 1 rings (SSSR count). The highest BCUT2D eigenvalue weighted by Gasteiger charge is 2.51. The molecule has 3 nitrogen and oxygen atoms in total. The zero-order valence-electron chi connectivity index (χ0n) is 10.9. The van der Waals surface area contributed by atoms with E-state index in [1.165, 1.54) is 12.2 Å². The summed E-state index contributed by atoms with van der Waals surface area (Å²) in [6, 6.07) is 0.183. The Kier molecular flexibility index (Phi) is 4.92. The van der Waals surface area contributed by atoms with Gasteiger partial charge in [0.05, 0.1) is 5.92 Å². The largest absolute Gasteiger partial charge is 0.421 e. The van der Waals surface area contributed by atoms with Gasteiger partial charge in [-0.1, -0.05) is 26.0 Å². The molecule has 0 fully saturated rings. The lowest BCUT2D eigenvalue weighted by molar-refractivity contribution is -0.238. The highest BCUT2D eigenvalue weighted by molar-refractivity contribution is 5.61. The third-order valence-corrected chi connectivity index (χ3v) is 3.03. The Bertz CT molecular complexity index is 388. The third-order valence-electron chi connectivity index (χ3n) is 3.03. The fourth-order valence-electron chi connectivity index (χ4n) is 1.74. The molecule has 0 aromatic carbocycles. The van der Waals surface area contributed by atoms with Crippen molar-refractivity contribution in [2.24, 2.45) is 5.92 Å². The van der Waals surface area contributed by atoms with Crippen LogP contribution < -0.4 is 5.32 Å². The Morgan fingerprint density at radius 3 is 2.53 bits per heavy atom. The second kappa shape index (κ2) is 5.88. The lowest BCUT2D eigenvalue weighted by Gasteiger charge is -2.30. The van der Waals surface area contributed by atoms with Crippen molar-refractivity contribution in [1.82, 2.24) is 5.32 Å². The topological polar surface area (TPSA) is 49.3 Å². The van der Waals surface area contributed by atoms with E-state index in [9.17, 15) is 23.1 Å². The van der Waals surface area contributed by atoms with Gasteiger partial charge in [-0.25, -0.2) is 0 Å². The van der Waals surface area contributed by atoms with Crippen LogP contribution in [0.15, 0.2) is 23.8 Å². The van der Waals surface area contributed by atoms with E-state index in [2.05, 4.69) is 5.32 Å². The van der Waals surface area contributed by atoms with Gasteiger partial charge < -0.3 is 15.2 Å². The van der Waals surface area contributed by atoms with E-state index in [1.54, 1.807) is 0 Å². The van der Waals surface area contributed by atoms with E-state index in [-0.39, 0.29) is 6.04 Å². The van der Waals surface area contributed by atoms with Crippen molar-refractivity contribution in [1.29, 1.82) is 0 Å². The molecule has 2 atom stereocenters. The van der Waals surface area contributed by atoms with Crippen LogP contribution in [0.25, 0.3) is 0 Å². The zero-order chi connectivity index (χ0) is 14.7. The van der Waals surface area contributed by atoms with Crippen molar-refractivity contribution in [3.05, 3.63) is 23.8 Å². The lowest BCUT2D eigenvalue weighted by Crippen LogP contribution is -2.44. The van der Waals surface area contributed by atoms with E-state index >= 15 is 0 Å². The first-order valence-electron chi connectivity index (χ1n) is 6.06. The molecule has 2 N–H and O–H groups in total. The van der Waals surface area contributed by atoms with Crippen LogP contribution in [0.5, 0.6) is 0 Å². The molecule has 19 heavy (non-hydrogen) atoms. The van der Waals surface area contributed by atoms with Crippen molar-refractivity contribution in [3.63, 3.8) is 0 Å². The Morgan fingerprint density at radius 2 is 2.16 bits per heavy atom. The van der Waals surface area contributed by atoms with Crippen molar-refractivity contribution in [3.8, 4) is 0 Å². The standard InChI is InChI=1S/C13H18F3NO2/c1-9(2)17-7-11(8-18)10-3-5-12(19,6-4-10)13(14,15)16/h3-5,8-9,11,17,19H,6-7H2,1-2H3. The van der Waals surface area contributed by atoms with Gasteiger partial charge in [0, 0.05) is 19.0 Å². The van der Waals surface area contributed by atoms with Crippen molar-refractivity contribution in [2.75, 3.05) is 6.54 Å².